The minimum atomic E-state index is -0.903. The zero-order chi connectivity index (χ0) is 21.6. The minimum Gasteiger partial charge on any atom is -0.461 e. The van der Waals surface area contributed by atoms with E-state index in [1.54, 1.807) is 0 Å². The molecule has 0 fully saturated rings. The molecule has 2 aromatic carbocycles. The number of ether oxygens (including phenoxy) is 2. The normalized spacial score (nSPS) is 11.4. The summed E-state index contributed by atoms with van der Waals surface area (Å²) in [5.41, 5.74) is 12.1. The van der Waals surface area contributed by atoms with Gasteiger partial charge in [-0.05, 0) is 17.5 Å². The van der Waals surface area contributed by atoms with Gasteiger partial charge in [-0.2, -0.15) is 0 Å². The van der Waals surface area contributed by atoms with Gasteiger partial charge in [0.1, 0.15) is 19.3 Å². The first-order chi connectivity index (χ1) is 14.6. The summed E-state index contributed by atoms with van der Waals surface area (Å²) in [5, 5.41) is 0. The first kappa shape index (κ1) is 23.1. The van der Waals surface area contributed by atoms with Gasteiger partial charge in [-0.15, -0.1) is 0 Å². The van der Waals surface area contributed by atoms with Gasteiger partial charge in [-0.1, -0.05) is 60.7 Å². The fourth-order valence-electron chi connectivity index (χ4n) is 2.51. The molecule has 30 heavy (non-hydrogen) atoms. The molecule has 0 aliphatic rings. The third-order valence-corrected chi connectivity index (χ3v) is 4.15. The molecule has 0 heterocycles. The van der Waals surface area contributed by atoms with Crippen molar-refractivity contribution in [3.05, 3.63) is 71.8 Å². The van der Waals surface area contributed by atoms with Crippen molar-refractivity contribution in [2.24, 2.45) is 5.73 Å². The van der Waals surface area contributed by atoms with Gasteiger partial charge >= 0.3 is 11.9 Å². The van der Waals surface area contributed by atoms with Crippen LogP contribution in [0.1, 0.15) is 30.4 Å². The van der Waals surface area contributed by atoms with Crippen molar-refractivity contribution in [3.63, 3.8) is 0 Å². The number of hydrogen-bond donors (Lipinski definition) is 3. The number of nitrogens with two attached hydrogens (primary N) is 1. The molecule has 0 aliphatic carbocycles. The van der Waals surface area contributed by atoms with Crippen molar-refractivity contribution in [2.75, 3.05) is 6.54 Å². The fraction of sp³-hybridized carbons (Fsp3) is 0.318. The van der Waals surface area contributed by atoms with Gasteiger partial charge in [-0.3, -0.25) is 19.8 Å². The molecule has 0 saturated carbocycles. The molecule has 0 saturated heterocycles. The number of benzene rings is 2. The topological polar surface area (TPSA) is 120 Å². The summed E-state index contributed by atoms with van der Waals surface area (Å²) in [5.74, 6) is -1.39. The Kier molecular flexibility index (Phi) is 10.0. The second kappa shape index (κ2) is 13.1. The van der Waals surface area contributed by atoms with Crippen LogP contribution in [0.4, 0.5) is 0 Å². The molecule has 4 N–H and O–H groups in total. The van der Waals surface area contributed by atoms with Crippen molar-refractivity contribution in [1.29, 1.82) is 0 Å². The lowest BCUT2D eigenvalue weighted by molar-refractivity contribution is -0.149. The van der Waals surface area contributed by atoms with Crippen molar-refractivity contribution in [3.8, 4) is 0 Å². The standard InChI is InChI=1S/C22H27N3O5/c23-14-13-20(26)25-24-19(22(28)30-16-18-9-5-2-6-10-18)11-12-21(27)29-15-17-7-3-1-4-8-17/h1-10,19,24H,11-16,23H2,(H,25,26)/t19-/m0/s1. The molecular formula is C22H27N3O5. The van der Waals surface area contributed by atoms with Crippen LogP contribution in [0.15, 0.2) is 60.7 Å². The van der Waals surface area contributed by atoms with E-state index in [-0.39, 0.29) is 44.9 Å². The van der Waals surface area contributed by atoms with E-state index in [0.29, 0.717) is 0 Å². The van der Waals surface area contributed by atoms with Crippen LogP contribution in [-0.4, -0.2) is 30.4 Å². The highest BCUT2D eigenvalue weighted by Crippen LogP contribution is 2.07. The highest BCUT2D eigenvalue weighted by atomic mass is 16.5. The van der Waals surface area contributed by atoms with E-state index < -0.39 is 18.0 Å². The summed E-state index contributed by atoms with van der Waals surface area (Å²) in [6, 6.07) is 17.6. The largest absolute Gasteiger partial charge is 0.461 e. The second-order valence-corrected chi connectivity index (χ2v) is 6.56. The van der Waals surface area contributed by atoms with Crippen molar-refractivity contribution >= 4 is 17.8 Å². The van der Waals surface area contributed by atoms with E-state index in [2.05, 4.69) is 10.9 Å². The van der Waals surface area contributed by atoms with Crippen LogP contribution in [-0.2, 0) is 37.1 Å². The molecule has 0 aromatic heterocycles. The highest BCUT2D eigenvalue weighted by molar-refractivity contribution is 5.79. The summed E-state index contributed by atoms with van der Waals surface area (Å²) >= 11 is 0. The predicted octanol–water partition coefficient (Wildman–Crippen LogP) is 1.59. The molecule has 0 spiro atoms. The zero-order valence-electron chi connectivity index (χ0n) is 16.7. The van der Waals surface area contributed by atoms with Gasteiger partial charge in [0.15, 0.2) is 0 Å². The SMILES string of the molecule is NCCC(=O)NN[C@@H](CCC(=O)OCc1ccccc1)C(=O)OCc1ccccc1. The predicted molar refractivity (Wildman–Crippen MR) is 110 cm³/mol. The fourth-order valence-corrected chi connectivity index (χ4v) is 2.51. The third-order valence-electron chi connectivity index (χ3n) is 4.15. The average molecular weight is 413 g/mol. The first-order valence-corrected chi connectivity index (χ1v) is 9.73. The lowest BCUT2D eigenvalue weighted by Gasteiger charge is -2.18. The number of carbonyl (C=O) groups is 3. The lowest BCUT2D eigenvalue weighted by atomic mass is 10.1. The summed E-state index contributed by atoms with van der Waals surface area (Å²) in [7, 11) is 0. The van der Waals surface area contributed by atoms with Gasteiger partial charge in [0.2, 0.25) is 5.91 Å². The number of carbonyl (C=O) groups excluding carboxylic acids is 3. The molecule has 1 atom stereocenters. The molecule has 0 unspecified atom stereocenters. The molecule has 2 rings (SSSR count). The Morgan fingerprint density at radius 1 is 0.833 bits per heavy atom. The molecule has 0 bridgehead atoms. The van der Waals surface area contributed by atoms with Crippen LogP contribution in [0.2, 0.25) is 0 Å². The summed E-state index contributed by atoms with van der Waals surface area (Å²) in [6.45, 7) is 0.430. The third kappa shape index (κ3) is 8.85. The monoisotopic (exact) mass is 413 g/mol. The van der Waals surface area contributed by atoms with E-state index in [1.807, 2.05) is 60.7 Å². The average Bonchev–Trinajstić information content (AvgIpc) is 2.77. The number of nitrogens with one attached hydrogen (secondary N) is 2. The van der Waals surface area contributed by atoms with Gasteiger partial charge < -0.3 is 15.2 Å². The maximum absolute atomic E-state index is 12.5. The Morgan fingerprint density at radius 3 is 1.97 bits per heavy atom. The van der Waals surface area contributed by atoms with Crippen LogP contribution < -0.4 is 16.6 Å². The summed E-state index contributed by atoms with van der Waals surface area (Å²) in [6.07, 6.45) is 0.194. The Bertz CT molecular complexity index is 799. The second-order valence-electron chi connectivity index (χ2n) is 6.56. The lowest BCUT2D eigenvalue weighted by Crippen LogP contribution is -2.49. The van der Waals surface area contributed by atoms with Gasteiger partial charge in [0, 0.05) is 19.4 Å². The minimum absolute atomic E-state index is 0.0162. The molecule has 1 amide bonds. The van der Waals surface area contributed by atoms with Crippen LogP contribution in [0.5, 0.6) is 0 Å². The highest BCUT2D eigenvalue weighted by Gasteiger charge is 2.22. The van der Waals surface area contributed by atoms with Crippen molar-refractivity contribution in [2.45, 2.75) is 38.5 Å². The van der Waals surface area contributed by atoms with Crippen LogP contribution in [0, 0.1) is 0 Å². The maximum Gasteiger partial charge on any atom is 0.325 e. The van der Waals surface area contributed by atoms with Crippen LogP contribution >= 0.6 is 0 Å². The number of hydrazine groups is 1. The van der Waals surface area contributed by atoms with Gasteiger partial charge in [0.25, 0.3) is 0 Å². The number of rotatable bonds is 12. The zero-order valence-corrected chi connectivity index (χ0v) is 16.7. The summed E-state index contributed by atoms with van der Waals surface area (Å²) in [4.78, 5) is 36.2. The molecule has 8 nitrogen and oxygen atoms in total. The molecule has 0 aliphatic heterocycles. The molecule has 160 valence electrons. The number of hydrogen-bond acceptors (Lipinski definition) is 7. The van der Waals surface area contributed by atoms with Crippen LogP contribution in [0.3, 0.4) is 0 Å². The van der Waals surface area contributed by atoms with E-state index in [9.17, 15) is 14.4 Å². The molecular weight excluding hydrogens is 386 g/mol. The van der Waals surface area contributed by atoms with Crippen LogP contribution in [0.25, 0.3) is 0 Å². The quantitative estimate of drug-likeness (QED) is 0.357. The Hall–Kier alpha value is -3.23. The molecule has 8 heteroatoms. The van der Waals surface area contributed by atoms with Crippen molar-refractivity contribution in [1.82, 2.24) is 10.9 Å². The molecule has 0 radical (unpaired) electrons. The van der Waals surface area contributed by atoms with E-state index >= 15 is 0 Å². The van der Waals surface area contributed by atoms with E-state index in [0.717, 1.165) is 11.1 Å². The first-order valence-electron chi connectivity index (χ1n) is 9.73. The number of amides is 1. The van der Waals surface area contributed by atoms with Crippen molar-refractivity contribution < 1.29 is 23.9 Å². The molecule has 2 aromatic rings. The Labute approximate surface area is 175 Å². The van der Waals surface area contributed by atoms with E-state index in [1.165, 1.54) is 0 Å². The number of esters is 2. The smallest absolute Gasteiger partial charge is 0.325 e. The van der Waals surface area contributed by atoms with E-state index in [4.69, 9.17) is 15.2 Å². The Morgan fingerprint density at radius 2 is 1.40 bits per heavy atom. The van der Waals surface area contributed by atoms with Gasteiger partial charge in [0.05, 0.1) is 0 Å². The Balaban J connectivity index is 1.85. The van der Waals surface area contributed by atoms with Gasteiger partial charge in [-0.25, -0.2) is 5.43 Å². The summed E-state index contributed by atoms with van der Waals surface area (Å²) < 4.78 is 10.5. The maximum atomic E-state index is 12.5.